The predicted molar refractivity (Wildman–Crippen MR) is 99.3 cm³/mol. The SMILES string of the molecule is Cl.Cn1ccnc1C1CNCCN1CC(=O)Nc1ccc(OC(F)F)cc1. The molecule has 0 radical (unpaired) electrons. The van der Waals surface area contributed by atoms with Crippen LogP contribution in [0.25, 0.3) is 0 Å². The number of ether oxygens (including phenoxy) is 1. The van der Waals surface area contributed by atoms with Gasteiger partial charge in [0.05, 0.1) is 12.6 Å². The van der Waals surface area contributed by atoms with Gasteiger partial charge in [-0.25, -0.2) is 4.98 Å². The van der Waals surface area contributed by atoms with E-state index in [-0.39, 0.29) is 36.7 Å². The highest BCUT2D eigenvalue weighted by Crippen LogP contribution is 2.21. The Hall–Kier alpha value is -2.23. The van der Waals surface area contributed by atoms with Crippen LogP contribution in [0.2, 0.25) is 0 Å². The summed E-state index contributed by atoms with van der Waals surface area (Å²) < 4.78 is 30.6. The number of alkyl halides is 2. The number of imidazole rings is 1. The number of aryl methyl sites for hydroxylation is 1. The topological polar surface area (TPSA) is 71.4 Å². The molecule has 7 nitrogen and oxygen atoms in total. The first-order valence-corrected chi connectivity index (χ1v) is 8.29. The molecule has 1 aromatic carbocycles. The minimum absolute atomic E-state index is 0. The van der Waals surface area contributed by atoms with E-state index in [2.05, 4.69) is 25.3 Å². The zero-order valence-electron chi connectivity index (χ0n) is 14.8. The van der Waals surface area contributed by atoms with Crippen LogP contribution >= 0.6 is 12.4 Å². The predicted octanol–water partition coefficient (Wildman–Crippen LogP) is 2.03. The first-order valence-electron chi connectivity index (χ1n) is 8.29. The van der Waals surface area contributed by atoms with Crippen molar-refractivity contribution in [1.29, 1.82) is 0 Å². The molecular weight excluding hydrogens is 380 g/mol. The van der Waals surface area contributed by atoms with Crippen LogP contribution in [-0.4, -0.2) is 53.1 Å². The van der Waals surface area contributed by atoms with E-state index in [9.17, 15) is 13.6 Å². The summed E-state index contributed by atoms with van der Waals surface area (Å²) in [5, 5.41) is 6.10. The van der Waals surface area contributed by atoms with E-state index < -0.39 is 6.61 Å². The smallest absolute Gasteiger partial charge is 0.387 e. The third-order valence-corrected chi connectivity index (χ3v) is 4.22. The van der Waals surface area contributed by atoms with Gasteiger partial charge in [0.1, 0.15) is 11.6 Å². The molecule has 1 atom stereocenters. The molecule has 0 bridgehead atoms. The fourth-order valence-corrected chi connectivity index (χ4v) is 2.99. The van der Waals surface area contributed by atoms with Gasteiger partial charge in [-0.1, -0.05) is 0 Å². The maximum absolute atomic E-state index is 12.4. The third kappa shape index (κ3) is 5.62. The number of halogens is 3. The van der Waals surface area contributed by atoms with E-state index in [1.54, 1.807) is 6.20 Å². The summed E-state index contributed by atoms with van der Waals surface area (Å²) in [5.74, 6) is 0.780. The van der Waals surface area contributed by atoms with Crippen LogP contribution in [0, 0.1) is 0 Å². The van der Waals surface area contributed by atoms with E-state index >= 15 is 0 Å². The lowest BCUT2D eigenvalue weighted by atomic mass is 10.1. The highest BCUT2D eigenvalue weighted by molar-refractivity contribution is 5.92. The Kier molecular flexibility index (Phi) is 7.52. The van der Waals surface area contributed by atoms with Crippen molar-refractivity contribution in [1.82, 2.24) is 19.8 Å². The lowest BCUT2D eigenvalue weighted by Crippen LogP contribution is -2.49. The molecule has 1 saturated heterocycles. The molecular formula is C17H22ClF2N5O2. The quantitative estimate of drug-likeness (QED) is 0.775. The van der Waals surface area contributed by atoms with E-state index in [1.165, 1.54) is 24.3 Å². The van der Waals surface area contributed by atoms with E-state index in [1.807, 2.05) is 17.8 Å². The minimum Gasteiger partial charge on any atom is -0.435 e. The third-order valence-electron chi connectivity index (χ3n) is 4.22. The molecule has 2 heterocycles. The zero-order chi connectivity index (χ0) is 18.5. The number of carbonyl (C=O) groups is 1. The Balaban J connectivity index is 0.00000261. The Morgan fingerprint density at radius 2 is 2.15 bits per heavy atom. The van der Waals surface area contributed by atoms with Crippen LogP contribution in [0.3, 0.4) is 0 Å². The van der Waals surface area contributed by atoms with Crippen LogP contribution in [-0.2, 0) is 11.8 Å². The molecule has 1 unspecified atom stereocenters. The number of amides is 1. The normalized spacial score (nSPS) is 17.4. The molecule has 1 aliphatic rings. The molecule has 1 aliphatic heterocycles. The molecule has 27 heavy (non-hydrogen) atoms. The molecule has 148 valence electrons. The summed E-state index contributed by atoms with van der Waals surface area (Å²) >= 11 is 0. The van der Waals surface area contributed by atoms with Gasteiger partial charge in [0, 0.05) is 44.8 Å². The highest BCUT2D eigenvalue weighted by atomic mass is 35.5. The van der Waals surface area contributed by atoms with Crippen molar-refractivity contribution < 1.29 is 18.3 Å². The van der Waals surface area contributed by atoms with Crippen LogP contribution in [0.15, 0.2) is 36.7 Å². The van der Waals surface area contributed by atoms with E-state index in [0.29, 0.717) is 5.69 Å². The summed E-state index contributed by atoms with van der Waals surface area (Å²) in [6, 6.07) is 5.86. The Morgan fingerprint density at radius 3 is 2.78 bits per heavy atom. The number of nitrogens with zero attached hydrogens (tertiary/aromatic N) is 3. The van der Waals surface area contributed by atoms with Gasteiger partial charge in [0.2, 0.25) is 5.91 Å². The van der Waals surface area contributed by atoms with Crippen molar-refractivity contribution in [3.05, 3.63) is 42.5 Å². The van der Waals surface area contributed by atoms with Crippen molar-refractivity contribution in [2.75, 3.05) is 31.5 Å². The van der Waals surface area contributed by atoms with Gasteiger partial charge in [-0.05, 0) is 24.3 Å². The number of carbonyl (C=O) groups excluding carboxylic acids is 1. The summed E-state index contributed by atoms with van der Waals surface area (Å²) in [4.78, 5) is 18.9. The number of hydrogen-bond donors (Lipinski definition) is 2. The first-order chi connectivity index (χ1) is 12.5. The maximum Gasteiger partial charge on any atom is 0.387 e. The van der Waals surface area contributed by atoms with Gasteiger partial charge < -0.3 is 19.9 Å². The zero-order valence-corrected chi connectivity index (χ0v) is 15.6. The largest absolute Gasteiger partial charge is 0.435 e. The lowest BCUT2D eigenvalue weighted by Gasteiger charge is -2.35. The molecule has 10 heteroatoms. The lowest BCUT2D eigenvalue weighted by molar-refractivity contribution is -0.118. The standard InChI is InChI=1S/C17H21F2N5O2.ClH/c1-23-8-7-21-16(23)14-10-20-6-9-24(14)11-15(25)22-12-2-4-13(5-3-12)26-17(18)19;/h2-5,7-8,14,17,20H,6,9-11H2,1H3,(H,22,25);1H. The Morgan fingerprint density at radius 1 is 1.41 bits per heavy atom. The fourth-order valence-electron chi connectivity index (χ4n) is 2.99. The number of aromatic nitrogens is 2. The van der Waals surface area contributed by atoms with Crippen molar-refractivity contribution in [2.45, 2.75) is 12.7 Å². The second-order valence-electron chi connectivity index (χ2n) is 6.04. The van der Waals surface area contributed by atoms with Gasteiger partial charge in [-0.2, -0.15) is 8.78 Å². The molecule has 2 aromatic rings. The maximum atomic E-state index is 12.4. The highest BCUT2D eigenvalue weighted by Gasteiger charge is 2.28. The van der Waals surface area contributed by atoms with Crippen LogP contribution in [0.4, 0.5) is 14.5 Å². The van der Waals surface area contributed by atoms with E-state index in [0.717, 1.165) is 25.5 Å². The molecule has 1 amide bonds. The molecule has 1 aromatic heterocycles. The second-order valence-corrected chi connectivity index (χ2v) is 6.04. The van der Waals surface area contributed by atoms with Crippen molar-refractivity contribution in [2.24, 2.45) is 7.05 Å². The summed E-state index contributed by atoms with van der Waals surface area (Å²) in [5.41, 5.74) is 0.528. The second kappa shape index (κ2) is 9.63. The Bertz CT molecular complexity index is 741. The van der Waals surface area contributed by atoms with Crippen molar-refractivity contribution in [3.63, 3.8) is 0 Å². The summed E-state index contributed by atoms with van der Waals surface area (Å²) in [7, 11) is 1.93. The molecule has 2 N–H and O–H groups in total. The monoisotopic (exact) mass is 401 g/mol. The van der Waals surface area contributed by atoms with Crippen molar-refractivity contribution in [3.8, 4) is 5.75 Å². The summed E-state index contributed by atoms with van der Waals surface area (Å²) in [6.07, 6.45) is 3.62. The fraction of sp³-hybridized carbons (Fsp3) is 0.412. The van der Waals surface area contributed by atoms with Crippen LogP contribution in [0.5, 0.6) is 5.75 Å². The average molecular weight is 402 g/mol. The molecule has 0 aliphatic carbocycles. The van der Waals surface area contributed by atoms with Gasteiger partial charge in [-0.15, -0.1) is 12.4 Å². The van der Waals surface area contributed by atoms with Gasteiger partial charge in [-0.3, -0.25) is 9.69 Å². The number of anilines is 1. The number of nitrogens with one attached hydrogen (secondary N) is 2. The molecule has 3 rings (SSSR count). The molecule has 1 fully saturated rings. The number of rotatable bonds is 6. The summed E-state index contributed by atoms with van der Waals surface area (Å²) in [6.45, 7) is -0.405. The minimum atomic E-state index is -2.87. The average Bonchev–Trinajstić information content (AvgIpc) is 3.02. The Labute approximate surface area is 162 Å². The molecule has 0 saturated carbocycles. The number of hydrogen-bond acceptors (Lipinski definition) is 5. The van der Waals surface area contributed by atoms with Crippen molar-refractivity contribution >= 4 is 24.0 Å². The van der Waals surface area contributed by atoms with Crippen LogP contribution < -0.4 is 15.4 Å². The van der Waals surface area contributed by atoms with E-state index in [4.69, 9.17) is 0 Å². The van der Waals surface area contributed by atoms with Gasteiger partial charge in [0.25, 0.3) is 0 Å². The molecule has 0 spiro atoms. The first kappa shape index (κ1) is 21.1. The van der Waals surface area contributed by atoms with Crippen LogP contribution in [0.1, 0.15) is 11.9 Å². The number of piperazine rings is 1. The number of benzene rings is 1. The van der Waals surface area contributed by atoms with Gasteiger partial charge in [0.15, 0.2) is 0 Å². The van der Waals surface area contributed by atoms with Gasteiger partial charge >= 0.3 is 6.61 Å².